The first-order chi connectivity index (χ1) is 6.96. The van der Waals surface area contributed by atoms with Gasteiger partial charge in [0.25, 0.3) is 0 Å². The summed E-state index contributed by atoms with van der Waals surface area (Å²) in [6.07, 6.45) is 1.15. The van der Waals surface area contributed by atoms with Crippen molar-refractivity contribution in [3.8, 4) is 0 Å². The number of sulfonamides is 1. The summed E-state index contributed by atoms with van der Waals surface area (Å²) in [6.45, 7) is 0. The lowest BCUT2D eigenvalue weighted by atomic mass is 10.2. The average Bonchev–Trinajstić information content (AvgIpc) is 2.43. The second-order valence-electron chi connectivity index (χ2n) is 3.14. The van der Waals surface area contributed by atoms with Crippen LogP contribution in [0.2, 0.25) is 0 Å². The molecule has 0 radical (unpaired) electrons. The Labute approximate surface area is 100 Å². The number of rotatable bonds is 2. The van der Waals surface area contributed by atoms with E-state index in [0.717, 1.165) is 20.1 Å². The number of fused-ring (bicyclic) bond motifs is 1. The van der Waals surface area contributed by atoms with E-state index in [0.29, 0.717) is 5.69 Å². The molecule has 0 atom stereocenters. The third kappa shape index (κ3) is 2.50. The summed E-state index contributed by atoms with van der Waals surface area (Å²) < 4.78 is 26.8. The molecule has 0 amide bonds. The van der Waals surface area contributed by atoms with Crippen LogP contribution in [0.15, 0.2) is 28.1 Å². The van der Waals surface area contributed by atoms with Crippen LogP contribution in [0.1, 0.15) is 0 Å². The topological polar surface area (TPSA) is 46.2 Å². The van der Waals surface area contributed by atoms with Crippen LogP contribution in [0.3, 0.4) is 0 Å². The Morgan fingerprint density at radius 3 is 2.80 bits per heavy atom. The molecule has 2 aromatic rings. The van der Waals surface area contributed by atoms with E-state index in [1.807, 2.05) is 18.2 Å². The van der Waals surface area contributed by atoms with Crippen LogP contribution < -0.4 is 4.72 Å². The Hall–Kier alpha value is -0.590. The molecule has 0 saturated heterocycles. The predicted octanol–water partition coefficient (Wildman–Crippen LogP) is 3.04. The number of hydrogen-bond acceptors (Lipinski definition) is 3. The van der Waals surface area contributed by atoms with Gasteiger partial charge < -0.3 is 0 Å². The molecule has 0 unspecified atom stereocenters. The lowest BCUT2D eigenvalue weighted by molar-refractivity contribution is 0.607. The van der Waals surface area contributed by atoms with Gasteiger partial charge in [-0.2, -0.15) is 0 Å². The smallest absolute Gasteiger partial charge is 0.229 e. The van der Waals surface area contributed by atoms with E-state index in [1.54, 1.807) is 17.4 Å². The van der Waals surface area contributed by atoms with E-state index in [9.17, 15) is 8.42 Å². The lowest BCUT2D eigenvalue weighted by Gasteiger charge is -2.04. The fourth-order valence-corrected chi connectivity index (χ4v) is 3.46. The third-order valence-electron chi connectivity index (χ3n) is 1.83. The minimum atomic E-state index is -3.22. The van der Waals surface area contributed by atoms with Gasteiger partial charge in [0, 0.05) is 10.1 Å². The zero-order valence-corrected chi connectivity index (χ0v) is 11.0. The molecular formula is C9H8BrNO2S2. The largest absolute Gasteiger partial charge is 0.283 e. The molecule has 2 rings (SSSR count). The van der Waals surface area contributed by atoms with E-state index in [-0.39, 0.29) is 0 Å². The van der Waals surface area contributed by atoms with E-state index < -0.39 is 10.0 Å². The lowest BCUT2D eigenvalue weighted by Crippen LogP contribution is -2.09. The van der Waals surface area contributed by atoms with Gasteiger partial charge in [-0.05, 0) is 34.1 Å². The van der Waals surface area contributed by atoms with Gasteiger partial charge in [0.05, 0.1) is 15.7 Å². The summed E-state index contributed by atoms with van der Waals surface area (Å²) in [6, 6.07) is 7.45. The van der Waals surface area contributed by atoms with Gasteiger partial charge in [-0.15, -0.1) is 11.3 Å². The number of thiophene rings is 1. The molecule has 80 valence electrons. The molecule has 3 nitrogen and oxygen atoms in total. The van der Waals surface area contributed by atoms with Crippen molar-refractivity contribution in [2.24, 2.45) is 0 Å². The first-order valence-corrected chi connectivity index (χ1v) is 7.62. The molecule has 15 heavy (non-hydrogen) atoms. The average molecular weight is 306 g/mol. The van der Waals surface area contributed by atoms with Crippen LogP contribution in [0.5, 0.6) is 0 Å². The molecule has 0 saturated carbocycles. The quantitative estimate of drug-likeness (QED) is 0.927. The highest BCUT2D eigenvalue weighted by Crippen LogP contribution is 2.34. The molecule has 0 aliphatic heterocycles. The number of nitrogens with one attached hydrogen (secondary N) is 1. The fraction of sp³-hybridized carbons (Fsp3) is 0.111. The molecule has 1 aromatic carbocycles. The number of anilines is 1. The van der Waals surface area contributed by atoms with Crippen molar-refractivity contribution in [3.63, 3.8) is 0 Å². The molecule has 6 heteroatoms. The number of halogens is 1. The molecule has 0 aliphatic carbocycles. The number of hydrogen-bond donors (Lipinski definition) is 1. The van der Waals surface area contributed by atoms with E-state index >= 15 is 0 Å². The maximum Gasteiger partial charge on any atom is 0.229 e. The van der Waals surface area contributed by atoms with Crippen molar-refractivity contribution in [1.29, 1.82) is 0 Å². The van der Waals surface area contributed by atoms with Gasteiger partial charge >= 0.3 is 0 Å². The van der Waals surface area contributed by atoms with Crippen molar-refractivity contribution in [1.82, 2.24) is 0 Å². The fourth-order valence-electron chi connectivity index (χ4n) is 1.32. The van der Waals surface area contributed by atoms with Crippen molar-refractivity contribution in [2.45, 2.75) is 0 Å². The highest BCUT2D eigenvalue weighted by Gasteiger charge is 2.08. The zero-order chi connectivity index (χ0) is 11.1. The van der Waals surface area contributed by atoms with Gasteiger partial charge in [0.2, 0.25) is 10.0 Å². The molecule has 1 aromatic heterocycles. The Kier molecular flexibility index (Phi) is 2.74. The first kappa shape index (κ1) is 10.9. The Balaban J connectivity index is 2.60. The van der Waals surface area contributed by atoms with Gasteiger partial charge in [-0.3, -0.25) is 4.72 Å². The zero-order valence-electron chi connectivity index (χ0n) is 7.82. The summed E-state index contributed by atoms with van der Waals surface area (Å²) >= 11 is 4.95. The van der Waals surface area contributed by atoms with Gasteiger partial charge in [0.1, 0.15) is 0 Å². The second-order valence-corrected chi connectivity index (χ2v) is 7.35. The van der Waals surface area contributed by atoms with Gasteiger partial charge in [0.15, 0.2) is 0 Å². The molecular weight excluding hydrogens is 298 g/mol. The number of benzene rings is 1. The Bertz CT molecular complexity index is 604. The van der Waals surface area contributed by atoms with E-state index in [4.69, 9.17) is 0 Å². The van der Waals surface area contributed by atoms with Crippen LogP contribution in [0, 0.1) is 0 Å². The van der Waals surface area contributed by atoms with Crippen LogP contribution in [0.25, 0.3) is 10.1 Å². The molecule has 0 fully saturated rings. The summed E-state index contributed by atoms with van der Waals surface area (Å²) in [5.41, 5.74) is 0.622. The SMILES string of the molecule is CS(=O)(=O)Nc1cccc2sc(Br)cc12. The summed E-state index contributed by atoms with van der Waals surface area (Å²) in [7, 11) is -3.22. The van der Waals surface area contributed by atoms with Crippen molar-refractivity contribution in [2.75, 3.05) is 11.0 Å². The maximum atomic E-state index is 11.1. The minimum absolute atomic E-state index is 0.622. The first-order valence-electron chi connectivity index (χ1n) is 4.11. The van der Waals surface area contributed by atoms with Crippen molar-refractivity contribution < 1.29 is 8.42 Å². The summed E-state index contributed by atoms with van der Waals surface area (Å²) in [4.78, 5) is 0. The molecule has 1 N–H and O–H groups in total. The van der Waals surface area contributed by atoms with Crippen molar-refractivity contribution >= 4 is 53.1 Å². The van der Waals surface area contributed by atoms with Crippen LogP contribution in [-0.4, -0.2) is 14.7 Å². The highest BCUT2D eigenvalue weighted by atomic mass is 79.9. The van der Waals surface area contributed by atoms with Gasteiger partial charge in [-0.25, -0.2) is 8.42 Å². The Morgan fingerprint density at radius 1 is 1.40 bits per heavy atom. The molecule has 0 aliphatic rings. The molecule has 0 spiro atoms. The van der Waals surface area contributed by atoms with Crippen LogP contribution in [0.4, 0.5) is 5.69 Å². The highest BCUT2D eigenvalue weighted by molar-refractivity contribution is 9.11. The van der Waals surface area contributed by atoms with Gasteiger partial charge in [-0.1, -0.05) is 6.07 Å². The van der Waals surface area contributed by atoms with E-state index in [2.05, 4.69) is 20.7 Å². The second kappa shape index (κ2) is 3.77. The monoisotopic (exact) mass is 305 g/mol. The van der Waals surface area contributed by atoms with E-state index in [1.165, 1.54) is 0 Å². The Morgan fingerprint density at radius 2 is 2.13 bits per heavy atom. The maximum absolute atomic E-state index is 11.1. The van der Waals surface area contributed by atoms with Crippen LogP contribution >= 0.6 is 27.3 Å². The third-order valence-corrected chi connectivity index (χ3v) is 4.02. The van der Waals surface area contributed by atoms with Crippen LogP contribution in [-0.2, 0) is 10.0 Å². The minimum Gasteiger partial charge on any atom is -0.283 e. The predicted molar refractivity (Wildman–Crippen MR) is 68.0 cm³/mol. The van der Waals surface area contributed by atoms with Crippen molar-refractivity contribution in [3.05, 3.63) is 28.1 Å². The molecule has 0 bridgehead atoms. The standard InChI is InChI=1S/C9H8BrNO2S2/c1-15(12,13)11-7-3-2-4-8-6(7)5-9(10)14-8/h2-5,11H,1H3. The molecule has 1 heterocycles. The summed E-state index contributed by atoms with van der Waals surface area (Å²) in [5, 5.41) is 0.916. The normalized spacial score (nSPS) is 11.9. The summed E-state index contributed by atoms with van der Waals surface area (Å²) in [5.74, 6) is 0.